The normalized spacial score (nSPS) is 21.4. The largest absolute Gasteiger partial charge is 0.283 e. The smallest absolute Gasteiger partial charge is 0.229 e. The predicted octanol–water partition coefficient (Wildman–Crippen LogP) is 6.40. The van der Waals surface area contributed by atoms with Gasteiger partial charge in [0.1, 0.15) is 0 Å². The van der Waals surface area contributed by atoms with E-state index in [2.05, 4.69) is 6.92 Å². The van der Waals surface area contributed by atoms with Gasteiger partial charge in [-0.2, -0.15) is 0 Å². The van der Waals surface area contributed by atoms with Crippen LogP contribution in [0.4, 0.5) is 0 Å². The zero-order valence-corrected chi connectivity index (χ0v) is 16.7. The maximum Gasteiger partial charge on any atom is 0.229 e. The molecule has 0 aromatic carbocycles. The number of amides is 2. The van der Waals surface area contributed by atoms with Crippen LogP contribution >= 0.6 is 0 Å². The highest BCUT2D eigenvalue weighted by Gasteiger charge is 2.19. The molecule has 1 saturated heterocycles. The Kier molecular flexibility index (Phi) is 13.7. The second-order valence-electron chi connectivity index (χ2n) is 7.74. The van der Waals surface area contributed by atoms with E-state index < -0.39 is 0 Å². The average Bonchev–Trinajstić information content (AvgIpc) is 2.61. The van der Waals surface area contributed by atoms with E-state index in [9.17, 15) is 9.59 Å². The molecule has 0 bridgehead atoms. The molecule has 0 aliphatic carbocycles. The van der Waals surface area contributed by atoms with Gasteiger partial charge in [-0.05, 0) is 19.3 Å². The number of nitrogens with zero attached hydrogens (tertiary/aromatic N) is 1. The van der Waals surface area contributed by atoms with Crippen molar-refractivity contribution in [3.8, 4) is 0 Å². The Morgan fingerprint density at radius 3 is 1.24 bits per heavy atom. The average molecular weight is 352 g/mol. The third-order valence-electron chi connectivity index (χ3n) is 5.37. The third-order valence-corrected chi connectivity index (χ3v) is 5.37. The summed E-state index contributed by atoms with van der Waals surface area (Å²) < 4.78 is 0. The standard InChI is InChI=1S/C22H41NO2/c1-2-3-20-23-21(24)18-16-14-12-10-8-6-4-5-7-9-11-13-15-17-19-22(23)25/h2-20H2,1H3. The molecule has 1 fully saturated rings. The number of unbranched alkanes of at least 4 members (excludes halogenated alkanes) is 1. The van der Waals surface area contributed by atoms with E-state index >= 15 is 0 Å². The maximum atomic E-state index is 12.5. The minimum Gasteiger partial charge on any atom is -0.283 e. The highest BCUT2D eigenvalue weighted by molar-refractivity contribution is 5.95. The molecule has 0 spiro atoms. The molecule has 0 aromatic rings. The van der Waals surface area contributed by atoms with E-state index in [4.69, 9.17) is 0 Å². The van der Waals surface area contributed by atoms with Crippen molar-refractivity contribution in [2.45, 2.75) is 122 Å². The third kappa shape index (κ3) is 11.4. The number of hydrogen-bond acceptors (Lipinski definition) is 2. The van der Waals surface area contributed by atoms with Crippen molar-refractivity contribution in [2.75, 3.05) is 6.54 Å². The van der Waals surface area contributed by atoms with Gasteiger partial charge in [-0.3, -0.25) is 14.5 Å². The zero-order valence-electron chi connectivity index (χ0n) is 16.7. The van der Waals surface area contributed by atoms with Crippen molar-refractivity contribution in [1.82, 2.24) is 4.90 Å². The van der Waals surface area contributed by atoms with Crippen LogP contribution in [0.1, 0.15) is 122 Å². The van der Waals surface area contributed by atoms with E-state index in [0.29, 0.717) is 19.4 Å². The van der Waals surface area contributed by atoms with E-state index in [1.54, 1.807) is 4.90 Å². The summed E-state index contributed by atoms with van der Waals surface area (Å²) in [6, 6.07) is 0. The van der Waals surface area contributed by atoms with E-state index in [1.165, 1.54) is 64.2 Å². The van der Waals surface area contributed by atoms with Gasteiger partial charge in [-0.15, -0.1) is 0 Å². The maximum absolute atomic E-state index is 12.5. The lowest BCUT2D eigenvalue weighted by Gasteiger charge is -2.21. The fourth-order valence-electron chi connectivity index (χ4n) is 3.65. The van der Waals surface area contributed by atoms with Crippen molar-refractivity contribution in [1.29, 1.82) is 0 Å². The van der Waals surface area contributed by atoms with Gasteiger partial charge in [-0.25, -0.2) is 0 Å². The topological polar surface area (TPSA) is 37.4 Å². The molecule has 0 saturated carbocycles. The first kappa shape index (κ1) is 22.2. The van der Waals surface area contributed by atoms with E-state index in [0.717, 1.165) is 38.5 Å². The van der Waals surface area contributed by atoms with E-state index in [1.807, 2.05) is 0 Å². The van der Waals surface area contributed by atoms with Crippen molar-refractivity contribution < 1.29 is 9.59 Å². The second kappa shape index (κ2) is 15.4. The summed E-state index contributed by atoms with van der Waals surface area (Å²) in [6.07, 6.45) is 20.5. The molecule has 2 amide bonds. The van der Waals surface area contributed by atoms with Gasteiger partial charge in [0.25, 0.3) is 0 Å². The lowest BCUT2D eigenvalue weighted by Crippen LogP contribution is -2.37. The van der Waals surface area contributed by atoms with Gasteiger partial charge >= 0.3 is 0 Å². The first-order valence-electron chi connectivity index (χ1n) is 11.1. The van der Waals surface area contributed by atoms with Crippen molar-refractivity contribution >= 4 is 11.8 Å². The summed E-state index contributed by atoms with van der Waals surface area (Å²) in [5.74, 6) is 0.132. The highest BCUT2D eigenvalue weighted by atomic mass is 16.2. The number of imide groups is 1. The molecule has 3 heteroatoms. The zero-order chi connectivity index (χ0) is 18.2. The second-order valence-corrected chi connectivity index (χ2v) is 7.74. The van der Waals surface area contributed by atoms with Gasteiger partial charge in [0.2, 0.25) is 11.8 Å². The van der Waals surface area contributed by atoms with Crippen LogP contribution in [-0.4, -0.2) is 23.3 Å². The lowest BCUT2D eigenvalue weighted by molar-refractivity contribution is -0.145. The highest BCUT2D eigenvalue weighted by Crippen LogP contribution is 2.15. The molecule has 0 N–H and O–H groups in total. The van der Waals surface area contributed by atoms with Gasteiger partial charge in [0.05, 0.1) is 0 Å². The SMILES string of the molecule is CCCCN1C(=O)CCCCCCCCCCCCCCCCC1=O. The monoisotopic (exact) mass is 351 g/mol. The molecule has 146 valence electrons. The first-order valence-corrected chi connectivity index (χ1v) is 11.1. The Morgan fingerprint density at radius 1 is 0.600 bits per heavy atom. The summed E-state index contributed by atoms with van der Waals surface area (Å²) in [6.45, 7) is 2.73. The molecule has 25 heavy (non-hydrogen) atoms. The van der Waals surface area contributed by atoms with Gasteiger partial charge in [-0.1, -0.05) is 90.4 Å². The van der Waals surface area contributed by atoms with Crippen LogP contribution in [-0.2, 0) is 9.59 Å². The van der Waals surface area contributed by atoms with Crippen LogP contribution < -0.4 is 0 Å². The molecule has 0 radical (unpaired) electrons. The van der Waals surface area contributed by atoms with Crippen LogP contribution in [0.3, 0.4) is 0 Å². The van der Waals surface area contributed by atoms with Crippen LogP contribution in [0.2, 0.25) is 0 Å². The fourth-order valence-corrected chi connectivity index (χ4v) is 3.65. The molecule has 0 aromatic heterocycles. The summed E-state index contributed by atoms with van der Waals surface area (Å²) >= 11 is 0. The van der Waals surface area contributed by atoms with Crippen molar-refractivity contribution in [2.24, 2.45) is 0 Å². The Morgan fingerprint density at radius 2 is 0.920 bits per heavy atom. The predicted molar refractivity (Wildman–Crippen MR) is 106 cm³/mol. The van der Waals surface area contributed by atoms with Crippen molar-refractivity contribution in [3.63, 3.8) is 0 Å². The molecule has 0 atom stereocenters. The lowest BCUT2D eigenvalue weighted by atomic mass is 10.0. The number of rotatable bonds is 3. The Hall–Kier alpha value is -0.860. The van der Waals surface area contributed by atoms with E-state index in [-0.39, 0.29) is 11.8 Å². The summed E-state index contributed by atoms with van der Waals surface area (Å²) in [4.78, 5) is 26.5. The van der Waals surface area contributed by atoms with Gasteiger partial charge in [0, 0.05) is 19.4 Å². The molecule has 0 unspecified atom stereocenters. The summed E-state index contributed by atoms with van der Waals surface area (Å²) in [5, 5.41) is 0. The minimum absolute atomic E-state index is 0.0661. The van der Waals surface area contributed by atoms with Crippen LogP contribution in [0, 0.1) is 0 Å². The summed E-state index contributed by atoms with van der Waals surface area (Å²) in [7, 11) is 0. The fraction of sp³-hybridized carbons (Fsp3) is 0.909. The molecule has 1 aliphatic rings. The molecular formula is C22H41NO2. The molecule has 1 rings (SSSR count). The van der Waals surface area contributed by atoms with Crippen LogP contribution in [0.15, 0.2) is 0 Å². The summed E-state index contributed by atoms with van der Waals surface area (Å²) in [5.41, 5.74) is 0. The molecule has 1 aliphatic heterocycles. The van der Waals surface area contributed by atoms with Crippen molar-refractivity contribution in [3.05, 3.63) is 0 Å². The minimum atomic E-state index is 0.0661. The Balaban J connectivity index is 2.45. The van der Waals surface area contributed by atoms with Crippen LogP contribution in [0.5, 0.6) is 0 Å². The Bertz CT molecular complexity index is 324. The Labute approximate surface area is 155 Å². The number of carbonyl (C=O) groups is 2. The first-order chi connectivity index (χ1) is 12.3. The van der Waals surface area contributed by atoms with Gasteiger partial charge in [0.15, 0.2) is 0 Å². The number of hydrogen-bond donors (Lipinski definition) is 0. The van der Waals surface area contributed by atoms with Gasteiger partial charge < -0.3 is 0 Å². The quantitative estimate of drug-likeness (QED) is 0.552. The molecule has 3 nitrogen and oxygen atoms in total. The number of carbonyl (C=O) groups excluding carboxylic acids is 2. The van der Waals surface area contributed by atoms with Crippen LogP contribution in [0.25, 0.3) is 0 Å². The molecule has 1 heterocycles. The molecular weight excluding hydrogens is 310 g/mol.